The molecule has 1 aliphatic heterocycles. The first-order chi connectivity index (χ1) is 9.81. The monoisotopic (exact) mass is 267 g/mol. The van der Waals surface area contributed by atoms with Gasteiger partial charge in [0.15, 0.2) is 0 Å². The van der Waals surface area contributed by atoms with Crippen molar-refractivity contribution < 1.29 is 9.84 Å². The van der Waals surface area contributed by atoms with Crippen molar-refractivity contribution in [3.8, 4) is 11.5 Å². The van der Waals surface area contributed by atoms with Crippen LogP contribution in [0, 0.1) is 0 Å². The van der Waals surface area contributed by atoms with Crippen LogP contribution in [0.1, 0.15) is 35.2 Å². The lowest BCUT2D eigenvalue weighted by Crippen LogP contribution is -2.26. The van der Waals surface area contributed by atoms with Crippen molar-refractivity contribution in [1.82, 2.24) is 5.32 Å². The van der Waals surface area contributed by atoms with Gasteiger partial charge in [0.1, 0.15) is 18.1 Å². The van der Waals surface area contributed by atoms with Gasteiger partial charge in [0.25, 0.3) is 0 Å². The number of ether oxygens (including phenoxy) is 1. The number of aromatic hydroxyl groups is 1. The zero-order chi connectivity index (χ0) is 13.5. The third kappa shape index (κ3) is 1.86. The van der Waals surface area contributed by atoms with Gasteiger partial charge in [-0.15, -0.1) is 0 Å². The number of phenolic OH excluding ortho intramolecular Hbond substituents is 1. The molecule has 0 amide bonds. The van der Waals surface area contributed by atoms with Gasteiger partial charge in [-0.1, -0.05) is 24.3 Å². The zero-order valence-corrected chi connectivity index (χ0v) is 11.2. The minimum atomic E-state index is 0.210. The van der Waals surface area contributed by atoms with Gasteiger partial charge in [0, 0.05) is 17.7 Å². The van der Waals surface area contributed by atoms with Crippen molar-refractivity contribution in [1.29, 1.82) is 0 Å². The predicted octanol–water partition coefficient (Wildman–Crippen LogP) is 3.10. The first kappa shape index (κ1) is 11.8. The summed E-state index contributed by atoms with van der Waals surface area (Å²) in [6, 6.07) is 14.6. The van der Waals surface area contributed by atoms with Crippen LogP contribution in [0.2, 0.25) is 0 Å². The Kier molecular flexibility index (Phi) is 2.67. The molecule has 0 saturated heterocycles. The Hall–Kier alpha value is -2.00. The number of phenols is 1. The maximum Gasteiger partial charge on any atom is 0.127 e. The van der Waals surface area contributed by atoms with Crippen molar-refractivity contribution in [2.45, 2.75) is 24.9 Å². The number of benzene rings is 2. The minimum Gasteiger partial charge on any atom is -0.508 e. The van der Waals surface area contributed by atoms with Gasteiger partial charge in [0.2, 0.25) is 0 Å². The number of hydrogen-bond acceptors (Lipinski definition) is 3. The SMILES string of the molecule is Oc1ccc2c(c1)OCC2NC1CCc2ccccc21. The molecule has 2 aliphatic rings. The van der Waals surface area contributed by atoms with Crippen molar-refractivity contribution >= 4 is 0 Å². The van der Waals surface area contributed by atoms with Gasteiger partial charge in [-0.05, 0) is 36.1 Å². The summed E-state index contributed by atoms with van der Waals surface area (Å²) in [6.45, 7) is 0.636. The van der Waals surface area contributed by atoms with Crippen LogP contribution in [0.4, 0.5) is 0 Å². The normalized spacial score (nSPS) is 23.2. The van der Waals surface area contributed by atoms with Gasteiger partial charge in [0.05, 0.1) is 6.04 Å². The second-order valence-electron chi connectivity index (χ2n) is 5.54. The summed E-state index contributed by atoms with van der Waals surface area (Å²) in [5.41, 5.74) is 4.02. The molecule has 2 aromatic carbocycles. The molecule has 0 spiro atoms. The zero-order valence-electron chi connectivity index (χ0n) is 11.2. The highest BCUT2D eigenvalue weighted by Gasteiger charge is 2.29. The third-order valence-corrected chi connectivity index (χ3v) is 4.31. The minimum absolute atomic E-state index is 0.210. The third-order valence-electron chi connectivity index (χ3n) is 4.31. The molecule has 0 bridgehead atoms. The van der Waals surface area contributed by atoms with E-state index >= 15 is 0 Å². The molecule has 0 saturated carbocycles. The highest BCUT2D eigenvalue weighted by Crippen LogP contribution is 2.38. The van der Waals surface area contributed by atoms with E-state index in [2.05, 4.69) is 29.6 Å². The van der Waals surface area contributed by atoms with Crippen LogP contribution in [0.25, 0.3) is 0 Å². The van der Waals surface area contributed by atoms with E-state index in [9.17, 15) is 5.11 Å². The number of aryl methyl sites for hydroxylation is 1. The molecule has 102 valence electrons. The second-order valence-corrected chi connectivity index (χ2v) is 5.54. The summed E-state index contributed by atoms with van der Waals surface area (Å²) in [6.07, 6.45) is 2.28. The molecule has 3 heteroatoms. The lowest BCUT2D eigenvalue weighted by atomic mass is 10.0. The number of hydrogen-bond donors (Lipinski definition) is 2. The van der Waals surface area contributed by atoms with Crippen LogP contribution in [0.15, 0.2) is 42.5 Å². The molecule has 0 fully saturated rings. The topological polar surface area (TPSA) is 41.5 Å². The Labute approximate surface area is 118 Å². The fourth-order valence-corrected chi connectivity index (χ4v) is 3.31. The van der Waals surface area contributed by atoms with Crippen LogP contribution in [-0.2, 0) is 6.42 Å². The van der Waals surface area contributed by atoms with E-state index in [4.69, 9.17) is 4.74 Å². The molecule has 2 atom stereocenters. The summed E-state index contributed by atoms with van der Waals surface area (Å²) in [5, 5.41) is 13.2. The van der Waals surface area contributed by atoms with Crippen LogP contribution < -0.4 is 10.1 Å². The summed E-state index contributed by atoms with van der Waals surface area (Å²) in [7, 11) is 0. The Morgan fingerprint density at radius 2 is 1.95 bits per heavy atom. The van der Waals surface area contributed by atoms with E-state index in [0.29, 0.717) is 12.6 Å². The van der Waals surface area contributed by atoms with Gasteiger partial charge in [-0.2, -0.15) is 0 Å². The number of rotatable bonds is 2. The molecule has 3 nitrogen and oxygen atoms in total. The quantitative estimate of drug-likeness (QED) is 0.878. The number of nitrogens with one attached hydrogen (secondary N) is 1. The molecule has 20 heavy (non-hydrogen) atoms. The fraction of sp³-hybridized carbons (Fsp3) is 0.294. The Morgan fingerprint density at radius 3 is 2.90 bits per heavy atom. The average Bonchev–Trinajstić information content (AvgIpc) is 3.04. The van der Waals surface area contributed by atoms with Crippen LogP contribution in [0.5, 0.6) is 11.5 Å². The maximum absolute atomic E-state index is 9.50. The van der Waals surface area contributed by atoms with E-state index < -0.39 is 0 Å². The smallest absolute Gasteiger partial charge is 0.127 e. The van der Waals surface area contributed by atoms with Crippen LogP contribution in [0.3, 0.4) is 0 Å². The Balaban J connectivity index is 1.58. The maximum atomic E-state index is 9.50. The highest BCUT2D eigenvalue weighted by molar-refractivity contribution is 5.45. The molecule has 0 aromatic heterocycles. The summed E-state index contributed by atoms with van der Waals surface area (Å²) >= 11 is 0. The highest BCUT2D eigenvalue weighted by atomic mass is 16.5. The second kappa shape index (κ2) is 4.53. The lowest BCUT2D eigenvalue weighted by Gasteiger charge is -2.19. The molecule has 2 aromatic rings. The van der Waals surface area contributed by atoms with Crippen LogP contribution >= 0.6 is 0 Å². The lowest BCUT2D eigenvalue weighted by molar-refractivity contribution is 0.296. The molecular weight excluding hydrogens is 250 g/mol. The van der Waals surface area contributed by atoms with Gasteiger partial charge in [-0.3, -0.25) is 0 Å². The molecule has 2 N–H and O–H groups in total. The van der Waals surface area contributed by atoms with Gasteiger partial charge in [-0.25, -0.2) is 0 Å². The van der Waals surface area contributed by atoms with E-state index in [0.717, 1.165) is 24.2 Å². The molecule has 0 radical (unpaired) electrons. The first-order valence-corrected chi connectivity index (χ1v) is 7.11. The standard InChI is InChI=1S/C17H17NO2/c19-12-6-7-14-16(10-20-17(14)9-12)18-15-8-5-11-3-1-2-4-13(11)15/h1-4,6-7,9,15-16,18-19H,5,8,10H2. The molecular formula is C17H17NO2. The average molecular weight is 267 g/mol. The molecule has 1 heterocycles. The largest absolute Gasteiger partial charge is 0.508 e. The first-order valence-electron chi connectivity index (χ1n) is 7.11. The van der Waals surface area contributed by atoms with E-state index in [1.165, 1.54) is 11.1 Å². The van der Waals surface area contributed by atoms with E-state index in [1.807, 2.05) is 6.07 Å². The number of fused-ring (bicyclic) bond motifs is 2. The molecule has 1 aliphatic carbocycles. The fourth-order valence-electron chi connectivity index (χ4n) is 3.31. The van der Waals surface area contributed by atoms with Crippen LogP contribution in [-0.4, -0.2) is 11.7 Å². The summed E-state index contributed by atoms with van der Waals surface area (Å²) in [5.74, 6) is 1.06. The molecule has 4 rings (SSSR count). The summed E-state index contributed by atoms with van der Waals surface area (Å²) < 4.78 is 5.67. The van der Waals surface area contributed by atoms with Gasteiger partial charge < -0.3 is 15.2 Å². The molecule has 2 unspecified atom stereocenters. The predicted molar refractivity (Wildman–Crippen MR) is 77.0 cm³/mol. The Bertz CT molecular complexity index is 653. The van der Waals surface area contributed by atoms with Gasteiger partial charge >= 0.3 is 0 Å². The Morgan fingerprint density at radius 1 is 1.05 bits per heavy atom. The van der Waals surface area contributed by atoms with E-state index in [1.54, 1.807) is 12.1 Å². The van der Waals surface area contributed by atoms with Crippen molar-refractivity contribution in [2.24, 2.45) is 0 Å². The van der Waals surface area contributed by atoms with E-state index in [-0.39, 0.29) is 11.8 Å². The van der Waals surface area contributed by atoms with Crippen molar-refractivity contribution in [3.05, 3.63) is 59.2 Å². The van der Waals surface area contributed by atoms with Crippen molar-refractivity contribution in [3.63, 3.8) is 0 Å². The summed E-state index contributed by atoms with van der Waals surface area (Å²) in [4.78, 5) is 0. The van der Waals surface area contributed by atoms with Crippen molar-refractivity contribution in [2.75, 3.05) is 6.61 Å².